The molecule has 6 nitrogen and oxygen atoms in total. The van der Waals surface area contributed by atoms with E-state index in [-0.39, 0.29) is 12.5 Å². The fraction of sp³-hybridized carbons (Fsp3) is 0.176. The van der Waals surface area contributed by atoms with Crippen LogP contribution in [-0.2, 0) is 13.0 Å². The SMILES string of the molecule is O=C(NCCc1ccc(CO)cc1)c1cc(-c2ccco2)[nH]n1. The van der Waals surface area contributed by atoms with Crippen LogP contribution in [0.1, 0.15) is 21.6 Å². The Morgan fingerprint density at radius 2 is 2.00 bits per heavy atom. The van der Waals surface area contributed by atoms with Gasteiger partial charge in [0.1, 0.15) is 5.69 Å². The van der Waals surface area contributed by atoms with Crippen molar-refractivity contribution < 1.29 is 14.3 Å². The van der Waals surface area contributed by atoms with E-state index < -0.39 is 0 Å². The summed E-state index contributed by atoms with van der Waals surface area (Å²) in [4.78, 5) is 12.1. The van der Waals surface area contributed by atoms with Crippen LogP contribution in [0.2, 0.25) is 0 Å². The second-order valence-corrected chi connectivity index (χ2v) is 5.12. The van der Waals surface area contributed by atoms with E-state index in [0.717, 1.165) is 11.1 Å². The van der Waals surface area contributed by atoms with Gasteiger partial charge in [-0.25, -0.2) is 0 Å². The molecule has 3 rings (SSSR count). The molecular weight excluding hydrogens is 294 g/mol. The van der Waals surface area contributed by atoms with E-state index in [2.05, 4.69) is 15.5 Å². The smallest absolute Gasteiger partial charge is 0.271 e. The first kappa shape index (κ1) is 15.1. The first-order valence-corrected chi connectivity index (χ1v) is 7.32. The molecule has 0 saturated carbocycles. The molecule has 6 heteroatoms. The molecule has 0 fully saturated rings. The molecule has 0 aliphatic heterocycles. The fourth-order valence-corrected chi connectivity index (χ4v) is 2.22. The zero-order chi connectivity index (χ0) is 16.1. The maximum absolute atomic E-state index is 12.1. The number of hydrogen-bond acceptors (Lipinski definition) is 4. The van der Waals surface area contributed by atoms with Crippen LogP contribution in [0.25, 0.3) is 11.5 Å². The first-order chi connectivity index (χ1) is 11.3. The number of carbonyl (C=O) groups excluding carboxylic acids is 1. The highest BCUT2D eigenvalue weighted by atomic mass is 16.3. The molecule has 23 heavy (non-hydrogen) atoms. The second-order valence-electron chi connectivity index (χ2n) is 5.12. The van der Waals surface area contributed by atoms with E-state index in [1.54, 1.807) is 24.5 Å². The number of amides is 1. The van der Waals surface area contributed by atoms with Crippen molar-refractivity contribution in [1.82, 2.24) is 15.5 Å². The summed E-state index contributed by atoms with van der Waals surface area (Å²) in [7, 11) is 0. The summed E-state index contributed by atoms with van der Waals surface area (Å²) >= 11 is 0. The number of carbonyl (C=O) groups is 1. The quantitative estimate of drug-likeness (QED) is 0.650. The van der Waals surface area contributed by atoms with Crippen molar-refractivity contribution >= 4 is 5.91 Å². The number of aromatic nitrogens is 2. The Kier molecular flexibility index (Phi) is 4.54. The number of aliphatic hydroxyl groups is 1. The number of rotatable bonds is 6. The molecule has 2 aromatic heterocycles. The molecule has 0 spiro atoms. The molecule has 0 aliphatic rings. The van der Waals surface area contributed by atoms with Gasteiger partial charge >= 0.3 is 0 Å². The van der Waals surface area contributed by atoms with Crippen molar-refractivity contribution in [2.45, 2.75) is 13.0 Å². The van der Waals surface area contributed by atoms with Crippen LogP contribution in [0.5, 0.6) is 0 Å². The number of aliphatic hydroxyl groups excluding tert-OH is 1. The van der Waals surface area contributed by atoms with Crippen molar-refractivity contribution in [2.24, 2.45) is 0 Å². The molecule has 1 amide bonds. The Balaban J connectivity index is 1.53. The molecule has 3 N–H and O–H groups in total. The van der Waals surface area contributed by atoms with Gasteiger partial charge < -0.3 is 14.8 Å². The third-order valence-corrected chi connectivity index (χ3v) is 3.50. The van der Waals surface area contributed by atoms with E-state index in [9.17, 15) is 4.79 Å². The Bertz CT molecular complexity index is 761. The normalized spacial score (nSPS) is 10.7. The van der Waals surface area contributed by atoms with Gasteiger partial charge in [-0.3, -0.25) is 9.89 Å². The Morgan fingerprint density at radius 1 is 1.22 bits per heavy atom. The third kappa shape index (κ3) is 3.67. The van der Waals surface area contributed by atoms with Crippen LogP contribution < -0.4 is 5.32 Å². The second kappa shape index (κ2) is 6.93. The van der Waals surface area contributed by atoms with Gasteiger partial charge in [-0.2, -0.15) is 5.10 Å². The Labute approximate surface area is 133 Å². The monoisotopic (exact) mass is 311 g/mol. The molecular formula is C17H17N3O3. The number of nitrogens with one attached hydrogen (secondary N) is 2. The van der Waals surface area contributed by atoms with Gasteiger partial charge in [-0.1, -0.05) is 24.3 Å². The minimum Gasteiger partial charge on any atom is -0.463 e. The van der Waals surface area contributed by atoms with Crippen LogP contribution >= 0.6 is 0 Å². The summed E-state index contributed by atoms with van der Waals surface area (Å²) in [5.41, 5.74) is 2.97. The highest BCUT2D eigenvalue weighted by Gasteiger charge is 2.12. The number of hydrogen-bond donors (Lipinski definition) is 3. The first-order valence-electron chi connectivity index (χ1n) is 7.32. The molecule has 118 valence electrons. The third-order valence-electron chi connectivity index (χ3n) is 3.50. The molecule has 0 atom stereocenters. The van der Waals surface area contributed by atoms with E-state index in [1.807, 2.05) is 24.3 Å². The average Bonchev–Trinajstić information content (AvgIpc) is 3.26. The minimum atomic E-state index is -0.231. The molecule has 1 aromatic carbocycles. The summed E-state index contributed by atoms with van der Waals surface area (Å²) in [5.74, 6) is 0.409. The van der Waals surface area contributed by atoms with Crippen LogP contribution in [-0.4, -0.2) is 27.8 Å². The average molecular weight is 311 g/mol. The van der Waals surface area contributed by atoms with Crippen molar-refractivity contribution in [3.63, 3.8) is 0 Å². The highest BCUT2D eigenvalue weighted by Crippen LogP contribution is 2.17. The molecule has 0 saturated heterocycles. The van der Waals surface area contributed by atoms with Crippen LogP contribution in [0.3, 0.4) is 0 Å². The number of benzene rings is 1. The van der Waals surface area contributed by atoms with E-state index in [4.69, 9.17) is 9.52 Å². The molecule has 3 aromatic rings. The lowest BCUT2D eigenvalue weighted by Crippen LogP contribution is -2.26. The van der Waals surface area contributed by atoms with E-state index >= 15 is 0 Å². The highest BCUT2D eigenvalue weighted by molar-refractivity contribution is 5.93. The molecule has 0 radical (unpaired) electrons. The van der Waals surface area contributed by atoms with Gasteiger partial charge in [0, 0.05) is 12.6 Å². The van der Waals surface area contributed by atoms with Gasteiger partial charge in [0.05, 0.1) is 12.9 Å². The molecule has 0 bridgehead atoms. The van der Waals surface area contributed by atoms with Gasteiger partial charge in [0.15, 0.2) is 11.5 Å². The predicted octanol–water partition coefficient (Wildman–Crippen LogP) is 2.13. The summed E-state index contributed by atoms with van der Waals surface area (Å²) in [6.45, 7) is 0.550. The molecule has 0 aliphatic carbocycles. The van der Waals surface area contributed by atoms with Crippen molar-refractivity contribution in [3.05, 3.63) is 65.5 Å². The largest absolute Gasteiger partial charge is 0.463 e. The number of aromatic amines is 1. The van der Waals surface area contributed by atoms with E-state index in [0.29, 0.717) is 30.1 Å². The zero-order valence-electron chi connectivity index (χ0n) is 12.5. The van der Waals surface area contributed by atoms with Crippen molar-refractivity contribution in [2.75, 3.05) is 6.54 Å². The number of H-pyrrole nitrogens is 1. The summed E-state index contributed by atoms with van der Waals surface area (Å²) in [6.07, 6.45) is 2.28. The van der Waals surface area contributed by atoms with Crippen LogP contribution in [0, 0.1) is 0 Å². The summed E-state index contributed by atoms with van der Waals surface area (Å²) in [6, 6.07) is 12.9. The van der Waals surface area contributed by atoms with Gasteiger partial charge in [-0.15, -0.1) is 0 Å². The Morgan fingerprint density at radius 3 is 2.70 bits per heavy atom. The maximum atomic E-state index is 12.1. The van der Waals surface area contributed by atoms with Gasteiger partial charge in [0.2, 0.25) is 0 Å². The molecule has 0 unspecified atom stereocenters. The van der Waals surface area contributed by atoms with Crippen LogP contribution in [0.15, 0.2) is 53.1 Å². The summed E-state index contributed by atoms with van der Waals surface area (Å²) < 4.78 is 5.25. The van der Waals surface area contributed by atoms with Crippen molar-refractivity contribution in [1.29, 1.82) is 0 Å². The lowest BCUT2D eigenvalue weighted by molar-refractivity contribution is 0.0949. The maximum Gasteiger partial charge on any atom is 0.271 e. The van der Waals surface area contributed by atoms with Gasteiger partial charge in [0.25, 0.3) is 5.91 Å². The van der Waals surface area contributed by atoms with E-state index in [1.165, 1.54) is 0 Å². The lowest BCUT2D eigenvalue weighted by Gasteiger charge is -2.04. The van der Waals surface area contributed by atoms with Crippen molar-refractivity contribution in [3.8, 4) is 11.5 Å². The number of furan rings is 1. The van der Waals surface area contributed by atoms with Gasteiger partial charge in [-0.05, 0) is 29.7 Å². The lowest BCUT2D eigenvalue weighted by atomic mass is 10.1. The minimum absolute atomic E-state index is 0.0359. The van der Waals surface area contributed by atoms with Crippen LogP contribution in [0.4, 0.5) is 0 Å². The Hall–Kier alpha value is -2.86. The fourth-order valence-electron chi connectivity index (χ4n) is 2.22. The molecule has 2 heterocycles. The zero-order valence-corrected chi connectivity index (χ0v) is 12.5. The number of nitrogens with zero attached hydrogens (tertiary/aromatic N) is 1. The topological polar surface area (TPSA) is 91.1 Å². The summed E-state index contributed by atoms with van der Waals surface area (Å²) in [5, 5.41) is 18.6. The standard InChI is InChI=1S/C17H17N3O3/c21-11-13-5-3-12(4-6-13)7-8-18-17(22)15-10-14(19-20-15)16-2-1-9-23-16/h1-6,9-10,21H,7-8,11H2,(H,18,22)(H,19,20). The predicted molar refractivity (Wildman–Crippen MR) is 84.7 cm³/mol.